The van der Waals surface area contributed by atoms with E-state index in [9.17, 15) is 24.0 Å². The number of hydrogen-bond acceptors (Lipinski definition) is 9. The van der Waals surface area contributed by atoms with Crippen molar-refractivity contribution in [3.8, 4) is 0 Å². The summed E-state index contributed by atoms with van der Waals surface area (Å²) in [5, 5.41) is 9.40. The number of benzene rings is 6. The number of aromatic amines is 2. The molecule has 1 amide bonds. The zero-order chi connectivity index (χ0) is 73.4. The number of aliphatic imine (C=N–C) groups is 1. The molecule has 5 N–H and O–H groups in total. The number of nitrogens with zero attached hydrogens (tertiary/aromatic N) is 2. The van der Waals surface area contributed by atoms with Gasteiger partial charge in [0.15, 0.2) is 11.6 Å². The van der Waals surface area contributed by atoms with E-state index < -0.39 is 5.69 Å². The van der Waals surface area contributed by atoms with Gasteiger partial charge in [0.1, 0.15) is 0 Å². The molecule has 4 aliphatic carbocycles. The highest BCUT2D eigenvalue weighted by atomic mass is 16.2. The number of rotatable bonds is 8. The van der Waals surface area contributed by atoms with E-state index in [4.69, 9.17) is 0 Å². The highest BCUT2D eigenvalue weighted by Crippen LogP contribution is 2.57. The lowest BCUT2D eigenvalue weighted by Gasteiger charge is -2.18. The third kappa shape index (κ3) is 20.0. The zero-order valence-electron chi connectivity index (χ0n) is 62.6. The second kappa shape index (κ2) is 35.0. The minimum atomic E-state index is -0.458. The minimum absolute atomic E-state index is 0.0671. The van der Waals surface area contributed by atoms with Gasteiger partial charge in [-0.1, -0.05) is 233 Å². The molecule has 1 spiro atoms. The molecule has 12 nitrogen and oxygen atoms in total. The van der Waals surface area contributed by atoms with Crippen LogP contribution in [0.25, 0.3) is 22.7 Å². The van der Waals surface area contributed by atoms with Gasteiger partial charge < -0.3 is 20.9 Å². The topological polar surface area (TPSA) is 178 Å². The molecule has 12 heteroatoms. The second-order valence-electron chi connectivity index (χ2n) is 29.6. The number of dihydropyridines is 1. The number of H-pyrrole nitrogens is 2. The van der Waals surface area contributed by atoms with Gasteiger partial charge in [0.2, 0.25) is 0 Å². The van der Waals surface area contributed by atoms with Gasteiger partial charge in [0.25, 0.3) is 11.5 Å². The SMILES string of the molecule is C=C1C=C(C(C)C)C=CN1.C=C1NC=Nc2c1cccc2C(C)C.CC(C)c1ccc2c(c1)C(=O)CC2.CC(C)c1ccc2c(c1)C(=O)CC21CC1.CC(C)c1cccc2c(=O)[nH]c(=O)[nH]c12.CC(C)c1cccc2c1CNC2=O.CC(C)c1ccccc1.CC(C)c1cnc2c(c1)C=CC2. The van der Waals surface area contributed by atoms with E-state index in [-0.39, 0.29) is 22.8 Å². The highest BCUT2D eigenvalue weighted by molar-refractivity contribution is 6.03. The summed E-state index contributed by atoms with van der Waals surface area (Å²) in [6.45, 7) is 43.0. The first-order chi connectivity index (χ1) is 48.1. The van der Waals surface area contributed by atoms with Crippen LogP contribution in [0.2, 0.25) is 0 Å². The van der Waals surface area contributed by atoms with Crippen LogP contribution < -0.4 is 27.2 Å². The molecule has 15 rings (SSSR count). The molecule has 1 fully saturated rings. The van der Waals surface area contributed by atoms with Crippen molar-refractivity contribution in [3.63, 3.8) is 0 Å². The Morgan fingerprint density at radius 1 is 0.515 bits per heavy atom. The number of aryl methyl sites for hydroxylation is 1. The molecule has 3 aliphatic heterocycles. The number of allylic oxidation sites excluding steroid dienone is 4. The van der Waals surface area contributed by atoms with Crippen LogP contribution in [0.5, 0.6) is 0 Å². The summed E-state index contributed by atoms with van der Waals surface area (Å²) in [6, 6.07) is 43.2. The number of aromatic nitrogens is 3. The fourth-order valence-corrected chi connectivity index (χ4v) is 12.9. The van der Waals surface area contributed by atoms with Crippen LogP contribution in [0.3, 0.4) is 0 Å². The Hall–Kier alpha value is -9.81. The van der Waals surface area contributed by atoms with Crippen molar-refractivity contribution in [1.82, 2.24) is 30.9 Å². The summed E-state index contributed by atoms with van der Waals surface area (Å²) in [7, 11) is 0. The van der Waals surface area contributed by atoms with E-state index in [2.05, 4.69) is 255 Å². The van der Waals surface area contributed by atoms with Crippen LogP contribution in [0.15, 0.2) is 197 Å². The Kier molecular flexibility index (Phi) is 26.7. The number of Topliss-reactive ketones (excluding diaryl/α,β-unsaturated/α-hetero) is 2. The number of pyridine rings is 1. The molecule has 0 bridgehead atoms. The minimum Gasteiger partial charge on any atom is -0.362 e. The van der Waals surface area contributed by atoms with Crippen LogP contribution in [0.1, 0.15) is 281 Å². The predicted octanol–water partition coefficient (Wildman–Crippen LogP) is 20.6. The number of nitrogens with one attached hydrogen (secondary N) is 5. The van der Waals surface area contributed by atoms with E-state index in [0.29, 0.717) is 76.9 Å². The van der Waals surface area contributed by atoms with E-state index >= 15 is 0 Å². The highest BCUT2D eigenvalue weighted by Gasteiger charge is 2.52. The quantitative estimate of drug-likeness (QED) is 0.0998. The van der Waals surface area contributed by atoms with Crippen molar-refractivity contribution >= 4 is 52.2 Å². The lowest BCUT2D eigenvalue weighted by atomic mass is 9.94. The fraction of sp³-hybridized carbons (Fsp3) is 0.360. The summed E-state index contributed by atoms with van der Waals surface area (Å²) < 4.78 is 0. The van der Waals surface area contributed by atoms with Crippen LogP contribution in [0, 0.1) is 5.92 Å². The van der Waals surface area contributed by atoms with Gasteiger partial charge in [0.05, 0.1) is 28.6 Å². The number of fused-ring (bicyclic) bond motifs is 7. The third-order valence-corrected chi connectivity index (χ3v) is 19.4. The number of carbonyl (C=O) groups excluding carboxylic acids is 3. The lowest BCUT2D eigenvalue weighted by Crippen LogP contribution is -2.22. The molecule has 5 heterocycles. The maximum absolute atomic E-state index is 11.9. The lowest BCUT2D eigenvalue weighted by molar-refractivity contribution is 0.0962. The Labute approximate surface area is 600 Å². The second-order valence-corrected chi connectivity index (χ2v) is 29.6. The van der Waals surface area contributed by atoms with Gasteiger partial charge in [-0.2, -0.15) is 0 Å². The molecule has 0 unspecified atom stereocenters. The smallest absolute Gasteiger partial charge is 0.326 e. The molecule has 0 radical (unpaired) electrons. The predicted molar refractivity (Wildman–Crippen MR) is 421 cm³/mol. The van der Waals surface area contributed by atoms with Gasteiger partial charge in [-0.15, -0.1) is 0 Å². The van der Waals surface area contributed by atoms with E-state index in [1.807, 2.05) is 62.6 Å². The van der Waals surface area contributed by atoms with Crippen molar-refractivity contribution in [2.24, 2.45) is 10.9 Å². The molecule has 0 saturated heterocycles. The number of para-hydroxylation sites is 2. The Morgan fingerprint density at radius 2 is 1.13 bits per heavy atom. The molecule has 6 aromatic carbocycles. The maximum Gasteiger partial charge on any atom is 0.326 e. The summed E-state index contributed by atoms with van der Waals surface area (Å²) in [5.41, 5.74) is 23.5. The van der Waals surface area contributed by atoms with Crippen molar-refractivity contribution in [2.75, 3.05) is 0 Å². The summed E-state index contributed by atoms with van der Waals surface area (Å²) in [6.07, 6.45) is 20.0. The van der Waals surface area contributed by atoms with Gasteiger partial charge in [0, 0.05) is 77.3 Å². The summed E-state index contributed by atoms with van der Waals surface area (Å²) >= 11 is 0. The summed E-state index contributed by atoms with van der Waals surface area (Å²) in [5.74, 6) is 4.86. The Morgan fingerprint density at radius 3 is 1.73 bits per heavy atom. The molecule has 2 aromatic heterocycles. The molecule has 0 atom stereocenters. The molecule has 1 saturated carbocycles. The fourth-order valence-electron chi connectivity index (χ4n) is 12.9. The largest absolute Gasteiger partial charge is 0.362 e. The third-order valence-electron chi connectivity index (χ3n) is 19.4. The van der Waals surface area contributed by atoms with Crippen LogP contribution in [0.4, 0.5) is 5.69 Å². The molecular weight excluding hydrogens is 1250 g/mol. The number of ketones is 2. The van der Waals surface area contributed by atoms with E-state index in [1.165, 1.54) is 79.7 Å². The first-order valence-electron chi connectivity index (χ1n) is 36.2. The normalized spacial score (nSPS) is 14.8. The zero-order valence-corrected chi connectivity index (χ0v) is 62.6. The van der Waals surface area contributed by atoms with Gasteiger partial charge in [-0.3, -0.25) is 29.1 Å². The number of hydrogen-bond donors (Lipinski definition) is 5. The van der Waals surface area contributed by atoms with Crippen LogP contribution in [-0.2, 0) is 24.8 Å². The van der Waals surface area contributed by atoms with Gasteiger partial charge >= 0.3 is 5.69 Å². The maximum atomic E-state index is 11.9. The van der Waals surface area contributed by atoms with Crippen molar-refractivity contribution < 1.29 is 14.4 Å². The number of carbonyl (C=O) groups is 3. The molecule has 101 heavy (non-hydrogen) atoms. The van der Waals surface area contributed by atoms with Gasteiger partial charge in [-0.25, -0.2) is 9.79 Å². The molecule has 8 aromatic rings. The standard InChI is InChI=1S/C14H16O.C12H14N2.C12H14O.C11H12N2O2.C11H13NO.C11H13N.C9H13N.C9H12/c1-9(2)10-3-4-12-11(7-10)13(15)8-14(12)5-6-14;1-8(2)10-5-4-6-11-9(3)13-7-14-12(10)11;1-8(2)10-4-3-9-5-6-12(13)11(9)7-10;1-6(2)7-4-3-5-8-9(7)12-11(15)13-10(8)14;1-7(2)8-4-3-5-9-10(8)6-12-11(9)13;1-8(2)10-6-9-4-3-5-11(9)12-7-10;1-7(2)9-4-5-10-8(3)6-9;1-8(2)9-6-4-3-5-7-9/h3-4,7,9H,5-6,8H2,1-2H3;4-8H,3H2,1-2H3,(H,13,14);3-4,7-8H,5-6H2,1-2H3;3-6H,1-2H3,(H2,12,13,14,15);3-5,7H,6H2,1-2H3,(H,12,13);3-4,6-8H,5H2,1-2H3;4-7,10H,3H2,1-2H3;3-8H,1-2H3. The van der Waals surface area contributed by atoms with Gasteiger partial charge in [-0.05, 0) is 176 Å². The van der Waals surface area contributed by atoms with Crippen molar-refractivity contribution in [1.29, 1.82) is 0 Å². The molecule has 528 valence electrons. The molecule has 7 aliphatic rings. The van der Waals surface area contributed by atoms with Crippen LogP contribution in [-0.4, -0.2) is 38.8 Å². The van der Waals surface area contributed by atoms with E-state index in [0.717, 1.165) is 64.2 Å². The van der Waals surface area contributed by atoms with Crippen molar-refractivity contribution in [3.05, 3.63) is 292 Å². The first-order valence-corrected chi connectivity index (χ1v) is 36.2. The summed E-state index contributed by atoms with van der Waals surface area (Å²) in [4.78, 5) is 71.0. The van der Waals surface area contributed by atoms with E-state index in [1.54, 1.807) is 12.4 Å². The Bertz CT molecular complexity index is 4540. The average molecular weight is 1350 g/mol. The Balaban J connectivity index is 0.000000147. The molecular formula is C89H107N7O5. The number of amides is 1. The van der Waals surface area contributed by atoms with Crippen molar-refractivity contribution in [2.45, 2.75) is 203 Å². The van der Waals surface area contributed by atoms with Crippen LogP contribution >= 0.6 is 0 Å². The monoisotopic (exact) mass is 1350 g/mol. The first kappa shape index (κ1) is 76.9. The average Bonchev–Trinajstić information content (AvgIpc) is 1.57.